The zero-order valence-electron chi connectivity index (χ0n) is 13.0. The first-order valence-corrected chi connectivity index (χ1v) is 7.96. The Morgan fingerprint density at radius 1 is 1.04 bits per heavy atom. The Kier molecular flexibility index (Phi) is 8.87. The van der Waals surface area contributed by atoms with Gasteiger partial charge in [-0.1, -0.05) is 64.5 Å². The SMILES string of the molecule is COC(=O)CCc1ccccc1.NCC(=O)c1ccccc1Br. The van der Waals surface area contributed by atoms with Crippen molar-refractivity contribution in [1.29, 1.82) is 0 Å². The van der Waals surface area contributed by atoms with Crippen molar-refractivity contribution in [3.8, 4) is 0 Å². The average molecular weight is 378 g/mol. The molecule has 2 rings (SSSR count). The Hall–Kier alpha value is -1.98. The van der Waals surface area contributed by atoms with Crippen LogP contribution in [0, 0.1) is 0 Å². The van der Waals surface area contributed by atoms with E-state index in [9.17, 15) is 9.59 Å². The van der Waals surface area contributed by atoms with Crippen molar-refractivity contribution in [2.75, 3.05) is 13.7 Å². The van der Waals surface area contributed by atoms with Crippen LogP contribution in [-0.4, -0.2) is 25.4 Å². The summed E-state index contributed by atoms with van der Waals surface area (Å²) in [7, 11) is 1.41. The Balaban J connectivity index is 0.000000231. The third kappa shape index (κ3) is 7.21. The summed E-state index contributed by atoms with van der Waals surface area (Å²) in [6.07, 6.45) is 1.22. The van der Waals surface area contributed by atoms with Gasteiger partial charge in [-0.2, -0.15) is 0 Å². The standard InChI is InChI=1S/C10H12O2.C8H8BrNO/c1-12-10(11)8-7-9-5-3-2-4-6-9;9-7-4-2-1-3-6(7)8(11)5-10/h2-6H,7-8H2,1H3;1-4H,5,10H2. The van der Waals surface area contributed by atoms with Gasteiger partial charge in [0.1, 0.15) is 0 Å². The molecule has 0 bridgehead atoms. The first-order chi connectivity index (χ1) is 11.1. The lowest BCUT2D eigenvalue weighted by Gasteiger charge is -1.98. The zero-order valence-corrected chi connectivity index (χ0v) is 14.6. The van der Waals surface area contributed by atoms with Crippen LogP contribution in [0.3, 0.4) is 0 Å². The number of ether oxygens (including phenoxy) is 1. The number of hydrogen-bond acceptors (Lipinski definition) is 4. The molecule has 0 aliphatic carbocycles. The minimum absolute atomic E-state index is 0.0440. The van der Waals surface area contributed by atoms with Crippen LogP contribution in [0.5, 0.6) is 0 Å². The Labute approximate surface area is 144 Å². The maximum absolute atomic E-state index is 11.1. The fraction of sp³-hybridized carbons (Fsp3) is 0.222. The minimum atomic E-state index is -0.154. The predicted molar refractivity (Wildman–Crippen MR) is 94.3 cm³/mol. The second-order valence-electron chi connectivity index (χ2n) is 4.67. The van der Waals surface area contributed by atoms with Gasteiger partial charge in [0.25, 0.3) is 0 Å². The van der Waals surface area contributed by atoms with E-state index < -0.39 is 0 Å². The highest BCUT2D eigenvalue weighted by molar-refractivity contribution is 9.10. The number of Topliss-reactive ketones (excluding diaryl/α,β-unsaturated/α-hetero) is 1. The molecular weight excluding hydrogens is 358 g/mol. The van der Waals surface area contributed by atoms with Crippen molar-refractivity contribution in [2.24, 2.45) is 5.73 Å². The van der Waals surface area contributed by atoms with Gasteiger partial charge in [0, 0.05) is 16.5 Å². The quantitative estimate of drug-likeness (QED) is 0.640. The van der Waals surface area contributed by atoms with Gasteiger partial charge in [-0.25, -0.2) is 0 Å². The summed E-state index contributed by atoms with van der Waals surface area (Å²) in [5, 5.41) is 0. The fourth-order valence-corrected chi connectivity index (χ4v) is 2.30. The summed E-state index contributed by atoms with van der Waals surface area (Å²) < 4.78 is 5.33. The molecule has 0 aliphatic rings. The van der Waals surface area contributed by atoms with Gasteiger partial charge >= 0.3 is 5.97 Å². The van der Waals surface area contributed by atoms with E-state index in [-0.39, 0.29) is 18.3 Å². The number of hydrogen-bond donors (Lipinski definition) is 1. The molecule has 0 radical (unpaired) electrons. The molecule has 0 aromatic heterocycles. The summed E-state index contributed by atoms with van der Waals surface area (Å²) in [5.74, 6) is -0.198. The molecule has 122 valence electrons. The van der Waals surface area contributed by atoms with Crippen LogP contribution in [0.15, 0.2) is 59.1 Å². The molecule has 2 aromatic rings. The first-order valence-electron chi connectivity index (χ1n) is 7.17. The number of halogens is 1. The van der Waals surface area contributed by atoms with Crippen LogP contribution >= 0.6 is 15.9 Å². The van der Waals surface area contributed by atoms with Crippen molar-refractivity contribution >= 4 is 27.7 Å². The number of esters is 1. The Morgan fingerprint density at radius 3 is 2.22 bits per heavy atom. The van der Waals surface area contributed by atoms with Crippen LogP contribution in [0.25, 0.3) is 0 Å². The molecular formula is C18H20BrNO3. The lowest BCUT2D eigenvalue weighted by Crippen LogP contribution is -2.13. The Morgan fingerprint density at radius 2 is 1.65 bits per heavy atom. The fourth-order valence-electron chi connectivity index (χ4n) is 1.79. The van der Waals surface area contributed by atoms with Gasteiger partial charge in [0.15, 0.2) is 5.78 Å². The van der Waals surface area contributed by atoms with Crippen LogP contribution in [0.2, 0.25) is 0 Å². The average Bonchev–Trinajstić information content (AvgIpc) is 2.61. The summed E-state index contributed by atoms with van der Waals surface area (Å²) >= 11 is 3.26. The largest absolute Gasteiger partial charge is 0.469 e. The number of benzene rings is 2. The number of carbonyl (C=O) groups is 2. The molecule has 0 aliphatic heterocycles. The maximum atomic E-state index is 11.1. The van der Waals surface area contributed by atoms with Crippen molar-refractivity contribution in [3.63, 3.8) is 0 Å². The van der Waals surface area contributed by atoms with E-state index >= 15 is 0 Å². The molecule has 0 spiro atoms. The summed E-state index contributed by atoms with van der Waals surface area (Å²) in [5.41, 5.74) is 7.02. The molecule has 2 aromatic carbocycles. The van der Waals surface area contributed by atoms with Crippen LogP contribution in [0.1, 0.15) is 22.3 Å². The number of nitrogens with two attached hydrogens (primary N) is 1. The first kappa shape index (κ1) is 19.1. The van der Waals surface area contributed by atoms with Crippen LogP contribution in [0.4, 0.5) is 0 Å². The van der Waals surface area contributed by atoms with E-state index in [1.165, 1.54) is 12.7 Å². The van der Waals surface area contributed by atoms with Crippen LogP contribution < -0.4 is 5.73 Å². The van der Waals surface area contributed by atoms with E-state index in [4.69, 9.17) is 5.73 Å². The topological polar surface area (TPSA) is 69.4 Å². The third-order valence-electron chi connectivity index (χ3n) is 3.05. The highest BCUT2D eigenvalue weighted by Crippen LogP contribution is 2.15. The van der Waals surface area contributed by atoms with E-state index in [0.717, 1.165) is 10.9 Å². The predicted octanol–water partition coefficient (Wildman–Crippen LogP) is 3.38. The lowest BCUT2D eigenvalue weighted by atomic mass is 10.1. The van der Waals surface area contributed by atoms with E-state index in [0.29, 0.717) is 12.0 Å². The Bertz CT molecular complexity index is 629. The van der Waals surface area contributed by atoms with Crippen LogP contribution in [-0.2, 0) is 16.0 Å². The van der Waals surface area contributed by atoms with E-state index in [1.54, 1.807) is 6.07 Å². The summed E-state index contributed by atoms with van der Waals surface area (Å²) in [6.45, 7) is 0.0581. The molecule has 4 nitrogen and oxygen atoms in total. The van der Waals surface area contributed by atoms with E-state index in [2.05, 4.69) is 20.7 Å². The second kappa shape index (κ2) is 10.7. The minimum Gasteiger partial charge on any atom is -0.469 e. The summed E-state index contributed by atoms with van der Waals surface area (Å²) in [6, 6.07) is 17.1. The number of aryl methyl sites for hydroxylation is 1. The van der Waals surface area contributed by atoms with Gasteiger partial charge < -0.3 is 10.5 Å². The number of ketones is 1. The molecule has 0 saturated heterocycles. The maximum Gasteiger partial charge on any atom is 0.305 e. The van der Waals surface area contributed by atoms with Crippen molar-refractivity contribution in [3.05, 3.63) is 70.2 Å². The zero-order chi connectivity index (χ0) is 17.1. The van der Waals surface area contributed by atoms with Gasteiger partial charge in [-0.3, -0.25) is 9.59 Å². The smallest absolute Gasteiger partial charge is 0.305 e. The summed E-state index contributed by atoms with van der Waals surface area (Å²) in [4.78, 5) is 21.8. The molecule has 5 heteroatoms. The molecule has 23 heavy (non-hydrogen) atoms. The monoisotopic (exact) mass is 377 g/mol. The van der Waals surface area contributed by atoms with Crippen molar-refractivity contribution in [1.82, 2.24) is 0 Å². The van der Waals surface area contributed by atoms with Gasteiger partial charge in [0.2, 0.25) is 0 Å². The van der Waals surface area contributed by atoms with Gasteiger partial charge in [0.05, 0.1) is 13.7 Å². The van der Waals surface area contributed by atoms with E-state index in [1.807, 2.05) is 48.5 Å². The lowest BCUT2D eigenvalue weighted by molar-refractivity contribution is -0.140. The molecule has 0 saturated carbocycles. The molecule has 0 heterocycles. The molecule has 0 amide bonds. The number of rotatable bonds is 5. The van der Waals surface area contributed by atoms with Gasteiger partial charge in [-0.05, 0) is 18.1 Å². The molecule has 0 unspecified atom stereocenters. The molecule has 0 fully saturated rings. The van der Waals surface area contributed by atoms with Crippen molar-refractivity contribution in [2.45, 2.75) is 12.8 Å². The van der Waals surface area contributed by atoms with Gasteiger partial charge in [-0.15, -0.1) is 0 Å². The molecule has 2 N–H and O–H groups in total. The number of methoxy groups -OCH3 is 1. The molecule has 0 atom stereocenters. The number of carbonyl (C=O) groups excluding carboxylic acids is 2. The second-order valence-corrected chi connectivity index (χ2v) is 5.52. The normalized spacial score (nSPS) is 9.52. The highest BCUT2D eigenvalue weighted by atomic mass is 79.9. The van der Waals surface area contributed by atoms with Crippen molar-refractivity contribution < 1.29 is 14.3 Å². The third-order valence-corrected chi connectivity index (χ3v) is 3.74. The highest BCUT2D eigenvalue weighted by Gasteiger charge is 2.05.